The molecule has 0 spiro atoms. The van der Waals surface area contributed by atoms with Gasteiger partial charge in [0.05, 0.1) is 38.8 Å². The topological polar surface area (TPSA) is 35.1 Å². The first-order chi connectivity index (χ1) is 21.2. The molecule has 5 aromatic heterocycles. The highest BCUT2D eigenvalue weighted by atomic mass is 15.1. The summed E-state index contributed by atoms with van der Waals surface area (Å²) in [5, 5.41) is 11.3. The largest absolute Gasteiger partial charge is 0.308 e. The number of fused-ring (bicyclic) bond motifs is 13. The molecular weight excluding hydrogens is 524 g/mol. The number of nitrogens with zero attached hydrogens (tertiary/aromatic N) is 4. The van der Waals surface area contributed by atoms with Crippen LogP contribution >= 0.6 is 0 Å². The smallest absolute Gasteiger partial charge is 0.141 e. The molecule has 0 bridgehead atoms. The highest BCUT2D eigenvalue weighted by Crippen LogP contribution is 2.47. The third kappa shape index (κ3) is 2.76. The van der Waals surface area contributed by atoms with Gasteiger partial charge in [-0.15, -0.1) is 0 Å². The van der Waals surface area contributed by atoms with Crippen LogP contribution in [-0.4, -0.2) is 18.9 Å². The minimum absolute atomic E-state index is 0.852. The average Bonchev–Trinajstić information content (AvgIpc) is 3.69. The van der Waals surface area contributed by atoms with E-state index in [1.165, 1.54) is 81.6 Å². The van der Waals surface area contributed by atoms with Gasteiger partial charge in [-0.05, 0) is 43.0 Å². The maximum atomic E-state index is 5.39. The lowest BCUT2D eigenvalue weighted by Gasteiger charge is -2.17. The van der Waals surface area contributed by atoms with Gasteiger partial charge in [-0.1, -0.05) is 85.8 Å². The molecule has 0 saturated carbocycles. The zero-order valence-corrected chi connectivity index (χ0v) is 23.9. The van der Waals surface area contributed by atoms with Crippen LogP contribution in [0.15, 0.2) is 109 Å². The molecule has 5 aromatic carbocycles. The van der Waals surface area contributed by atoms with Crippen molar-refractivity contribution in [3.05, 3.63) is 121 Å². The molecule has 43 heavy (non-hydrogen) atoms. The number of para-hydroxylation sites is 2. The van der Waals surface area contributed by atoms with Crippen molar-refractivity contribution in [2.45, 2.75) is 20.3 Å². The van der Waals surface area contributed by atoms with Crippen LogP contribution in [-0.2, 0) is 6.42 Å². The van der Waals surface area contributed by atoms with Crippen molar-refractivity contribution in [1.82, 2.24) is 18.9 Å². The Kier molecular flexibility index (Phi) is 4.34. The maximum absolute atomic E-state index is 5.39. The second-order valence-electron chi connectivity index (χ2n) is 11.7. The highest BCUT2D eigenvalue weighted by molar-refractivity contribution is 6.35. The summed E-state index contributed by atoms with van der Waals surface area (Å²) in [6.07, 6.45) is 2.72. The van der Waals surface area contributed by atoms with Crippen LogP contribution in [0, 0.1) is 6.92 Å². The molecule has 0 N–H and O–H groups in total. The zero-order chi connectivity index (χ0) is 28.4. The first kappa shape index (κ1) is 23.1. The number of hydrogen-bond acceptors (Lipinski definition) is 2. The van der Waals surface area contributed by atoms with Gasteiger partial charge >= 0.3 is 0 Å². The third-order valence-electron chi connectivity index (χ3n) is 9.57. The molecular formula is C39H26N4. The summed E-state index contributed by atoms with van der Waals surface area (Å²) in [6.45, 7) is 4.33. The van der Waals surface area contributed by atoms with E-state index in [-0.39, 0.29) is 0 Å². The number of aryl methyl sites for hydroxylation is 2. The standard InChI is InChI=1S/C39H26N4/c1-3-24-27-15-10-20-40-35(27)22(2)41-39(24)43-36-25-12-5-4-11-23(25)18-19-28(36)31-21-30-26-13-6-8-16-32(26)42-33-17-9-7-14-29(33)34(37(30)42)38(31)43/h4-21H,3H2,1-2H3. The van der Waals surface area contributed by atoms with E-state index in [2.05, 4.69) is 120 Å². The molecule has 0 aliphatic heterocycles. The van der Waals surface area contributed by atoms with Gasteiger partial charge in [-0.25, -0.2) is 4.98 Å². The van der Waals surface area contributed by atoms with E-state index in [9.17, 15) is 0 Å². The van der Waals surface area contributed by atoms with Crippen LogP contribution < -0.4 is 0 Å². The van der Waals surface area contributed by atoms with Crippen molar-refractivity contribution < 1.29 is 0 Å². The number of aromatic nitrogens is 4. The molecule has 4 heteroatoms. The van der Waals surface area contributed by atoms with Crippen LogP contribution in [0.2, 0.25) is 0 Å². The molecule has 0 fully saturated rings. The Morgan fingerprint density at radius 1 is 0.605 bits per heavy atom. The molecule has 0 amide bonds. The monoisotopic (exact) mass is 550 g/mol. The minimum Gasteiger partial charge on any atom is -0.308 e. The third-order valence-corrected chi connectivity index (χ3v) is 9.57. The second-order valence-corrected chi connectivity index (χ2v) is 11.7. The summed E-state index contributed by atoms with van der Waals surface area (Å²) < 4.78 is 4.96. The van der Waals surface area contributed by atoms with Crippen molar-refractivity contribution in [1.29, 1.82) is 0 Å². The van der Waals surface area contributed by atoms with Gasteiger partial charge in [0.1, 0.15) is 5.82 Å². The van der Waals surface area contributed by atoms with Crippen molar-refractivity contribution in [2.75, 3.05) is 0 Å². The van der Waals surface area contributed by atoms with Gasteiger partial charge in [0, 0.05) is 54.9 Å². The van der Waals surface area contributed by atoms with Crippen molar-refractivity contribution in [3.63, 3.8) is 0 Å². The highest BCUT2D eigenvalue weighted by Gasteiger charge is 2.26. The van der Waals surface area contributed by atoms with Crippen LogP contribution in [0.4, 0.5) is 0 Å². The minimum atomic E-state index is 0.852. The predicted octanol–water partition coefficient (Wildman–Crippen LogP) is 9.90. The Morgan fingerprint density at radius 3 is 2.14 bits per heavy atom. The molecule has 0 aliphatic carbocycles. The fourth-order valence-electron chi connectivity index (χ4n) is 7.85. The van der Waals surface area contributed by atoms with E-state index < -0.39 is 0 Å². The number of pyridine rings is 2. The van der Waals surface area contributed by atoms with Gasteiger partial charge in [0.15, 0.2) is 0 Å². The summed E-state index contributed by atoms with van der Waals surface area (Å²) in [6, 6.07) is 37.7. The van der Waals surface area contributed by atoms with E-state index in [0.717, 1.165) is 23.4 Å². The van der Waals surface area contributed by atoms with E-state index in [4.69, 9.17) is 9.97 Å². The molecule has 202 valence electrons. The summed E-state index contributed by atoms with van der Waals surface area (Å²) in [4.78, 5) is 10.1. The zero-order valence-electron chi connectivity index (χ0n) is 23.9. The van der Waals surface area contributed by atoms with E-state index >= 15 is 0 Å². The molecule has 5 heterocycles. The predicted molar refractivity (Wildman–Crippen MR) is 180 cm³/mol. The molecule has 0 unspecified atom stereocenters. The molecule has 4 nitrogen and oxygen atoms in total. The quantitative estimate of drug-likeness (QED) is 0.215. The number of hydrogen-bond donors (Lipinski definition) is 0. The van der Waals surface area contributed by atoms with Crippen molar-refractivity contribution >= 4 is 81.6 Å². The Morgan fingerprint density at radius 2 is 1.30 bits per heavy atom. The van der Waals surface area contributed by atoms with Gasteiger partial charge in [-0.2, -0.15) is 0 Å². The van der Waals surface area contributed by atoms with E-state index in [1.807, 2.05) is 12.3 Å². The number of benzene rings is 5. The van der Waals surface area contributed by atoms with E-state index in [1.54, 1.807) is 0 Å². The molecule has 10 rings (SSSR count). The van der Waals surface area contributed by atoms with Crippen LogP contribution in [0.5, 0.6) is 0 Å². The molecule has 0 atom stereocenters. The SMILES string of the molecule is CCc1c(-n2c3c4ccccc4ccc3c3cc4c5ccccc5n5c6ccccc6c(c32)c45)nc(C)c2ncccc12. The molecule has 0 radical (unpaired) electrons. The average molecular weight is 551 g/mol. The van der Waals surface area contributed by atoms with Crippen LogP contribution in [0.25, 0.3) is 87.4 Å². The summed E-state index contributed by atoms with van der Waals surface area (Å²) >= 11 is 0. The Balaban J connectivity index is 1.57. The first-order valence-electron chi connectivity index (χ1n) is 15.0. The second kappa shape index (κ2) is 8.08. The lowest BCUT2D eigenvalue weighted by molar-refractivity contribution is 0.999. The lowest BCUT2D eigenvalue weighted by atomic mass is 10.0. The van der Waals surface area contributed by atoms with Gasteiger partial charge in [0.2, 0.25) is 0 Å². The summed E-state index contributed by atoms with van der Waals surface area (Å²) in [5.41, 5.74) is 9.34. The first-order valence-corrected chi connectivity index (χ1v) is 15.0. The van der Waals surface area contributed by atoms with Crippen LogP contribution in [0.1, 0.15) is 18.2 Å². The van der Waals surface area contributed by atoms with Gasteiger partial charge in [-0.3, -0.25) is 9.55 Å². The normalized spacial score (nSPS) is 12.5. The summed E-state index contributed by atoms with van der Waals surface area (Å²) in [5.74, 6) is 1.000. The Hall–Kier alpha value is -5.48. The maximum Gasteiger partial charge on any atom is 0.141 e. The molecule has 0 saturated heterocycles. The van der Waals surface area contributed by atoms with Crippen LogP contribution in [0.3, 0.4) is 0 Å². The fourth-order valence-corrected chi connectivity index (χ4v) is 7.85. The lowest BCUT2D eigenvalue weighted by Crippen LogP contribution is -2.06. The van der Waals surface area contributed by atoms with Crippen molar-refractivity contribution in [3.8, 4) is 5.82 Å². The van der Waals surface area contributed by atoms with Crippen molar-refractivity contribution in [2.24, 2.45) is 0 Å². The summed E-state index contributed by atoms with van der Waals surface area (Å²) in [7, 11) is 0. The van der Waals surface area contributed by atoms with Gasteiger partial charge in [0.25, 0.3) is 0 Å². The molecule has 0 aliphatic rings. The number of rotatable bonds is 2. The Labute approximate surface area is 246 Å². The van der Waals surface area contributed by atoms with E-state index in [0.29, 0.717) is 0 Å². The molecule has 10 aromatic rings. The Bertz CT molecular complexity index is 2780. The fraction of sp³-hybridized carbons (Fsp3) is 0.0769. The van der Waals surface area contributed by atoms with Gasteiger partial charge < -0.3 is 4.40 Å².